The molecule has 2 heterocycles. The van der Waals surface area contributed by atoms with Crippen molar-refractivity contribution in [2.45, 2.75) is 19.4 Å². The summed E-state index contributed by atoms with van der Waals surface area (Å²) in [5.41, 5.74) is 2.34. The lowest BCUT2D eigenvalue weighted by atomic mass is 10.2. The zero-order valence-electron chi connectivity index (χ0n) is 13.1. The summed E-state index contributed by atoms with van der Waals surface area (Å²) in [5, 5.41) is 8.45. The van der Waals surface area contributed by atoms with Crippen LogP contribution in [0.4, 0.5) is 5.13 Å². The number of aryl methyl sites for hydroxylation is 1. The van der Waals surface area contributed by atoms with E-state index in [2.05, 4.69) is 25.6 Å². The number of H-pyrrole nitrogens is 1. The largest absolute Gasteiger partial charge is 0.365 e. The van der Waals surface area contributed by atoms with Crippen LogP contribution in [-0.4, -0.2) is 27.9 Å². The highest BCUT2D eigenvalue weighted by molar-refractivity contribution is 7.13. The number of hydrogen-bond acceptors (Lipinski definition) is 6. The van der Waals surface area contributed by atoms with Crippen LogP contribution in [0, 0.1) is 0 Å². The first-order valence-corrected chi connectivity index (χ1v) is 8.40. The average molecular weight is 343 g/mol. The maximum atomic E-state index is 12.0. The minimum Gasteiger partial charge on any atom is -0.365 e. The van der Waals surface area contributed by atoms with Crippen LogP contribution in [0.2, 0.25) is 0 Å². The number of anilines is 1. The normalized spacial score (nSPS) is 10.7. The van der Waals surface area contributed by atoms with Gasteiger partial charge in [-0.25, -0.2) is 9.97 Å². The molecular weight excluding hydrogens is 326 g/mol. The zero-order chi connectivity index (χ0) is 16.9. The third-order valence-electron chi connectivity index (χ3n) is 3.49. The third-order valence-corrected chi connectivity index (χ3v) is 4.40. The summed E-state index contributed by atoms with van der Waals surface area (Å²) in [6.07, 6.45) is 0.502. The molecule has 1 amide bonds. The molecule has 0 aliphatic carbocycles. The van der Waals surface area contributed by atoms with Crippen molar-refractivity contribution in [1.82, 2.24) is 20.3 Å². The molecule has 0 aliphatic rings. The van der Waals surface area contributed by atoms with Crippen molar-refractivity contribution in [1.29, 1.82) is 0 Å². The molecule has 0 atom stereocenters. The van der Waals surface area contributed by atoms with Crippen molar-refractivity contribution in [3.05, 3.63) is 51.4 Å². The Labute approximate surface area is 142 Å². The molecular formula is C16H17N5O2S. The molecule has 3 N–H and O–H groups in total. The van der Waals surface area contributed by atoms with E-state index in [4.69, 9.17) is 0 Å². The van der Waals surface area contributed by atoms with Gasteiger partial charge in [0.25, 0.3) is 5.56 Å². The van der Waals surface area contributed by atoms with Gasteiger partial charge in [0, 0.05) is 25.3 Å². The maximum Gasteiger partial charge on any atom is 0.270 e. The highest BCUT2D eigenvalue weighted by atomic mass is 32.1. The van der Waals surface area contributed by atoms with Crippen molar-refractivity contribution in [2.24, 2.45) is 0 Å². The van der Waals surface area contributed by atoms with Gasteiger partial charge in [-0.2, -0.15) is 0 Å². The van der Waals surface area contributed by atoms with E-state index in [0.29, 0.717) is 24.2 Å². The van der Waals surface area contributed by atoms with E-state index in [0.717, 1.165) is 16.3 Å². The standard InChI is InChI=1S/C16H17N5O2S/c1-17-16-19-10(9-24-16)8-18-14(22)7-6-13-15(23)21-12-5-3-2-4-11(12)20-13/h2-5,9H,6-8H2,1H3,(H,17,19)(H,18,22)(H,21,23). The van der Waals surface area contributed by atoms with Gasteiger partial charge in [-0.1, -0.05) is 12.1 Å². The van der Waals surface area contributed by atoms with Gasteiger partial charge in [0.1, 0.15) is 5.69 Å². The van der Waals surface area contributed by atoms with Crippen molar-refractivity contribution in [2.75, 3.05) is 12.4 Å². The van der Waals surface area contributed by atoms with Gasteiger partial charge in [-0.05, 0) is 12.1 Å². The number of nitrogens with one attached hydrogen (secondary N) is 3. The van der Waals surface area contributed by atoms with Crippen LogP contribution in [-0.2, 0) is 17.8 Å². The number of nitrogens with zero attached hydrogens (tertiary/aromatic N) is 2. The molecule has 7 nitrogen and oxygen atoms in total. The Morgan fingerprint density at radius 2 is 2.12 bits per heavy atom. The monoisotopic (exact) mass is 343 g/mol. The Morgan fingerprint density at radius 3 is 2.92 bits per heavy atom. The van der Waals surface area contributed by atoms with Crippen LogP contribution in [0.25, 0.3) is 11.0 Å². The second-order valence-corrected chi connectivity index (χ2v) is 6.06. The predicted octanol–water partition coefficient (Wildman–Crippen LogP) is 1.67. The molecule has 3 aromatic rings. The SMILES string of the molecule is CNc1nc(CNC(=O)CCc2nc3ccccc3[nH]c2=O)cs1. The Balaban J connectivity index is 1.58. The molecule has 0 unspecified atom stereocenters. The molecule has 0 aliphatic heterocycles. The number of para-hydroxylation sites is 2. The van der Waals surface area contributed by atoms with E-state index in [1.165, 1.54) is 11.3 Å². The van der Waals surface area contributed by atoms with Crippen LogP contribution < -0.4 is 16.2 Å². The number of hydrogen-bond donors (Lipinski definition) is 3. The fraction of sp³-hybridized carbons (Fsp3) is 0.250. The number of benzene rings is 1. The lowest BCUT2D eigenvalue weighted by Gasteiger charge is -2.04. The highest BCUT2D eigenvalue weighted by Gasteiger charge is 2.09. The van der Waals surface area contributed by atoms with E-state index in [1.807, 2.05) is 23.6 Å². The zero-order valence-corrected chi connectivity index (χ0v) is 13.9. The van der Waals surface area contributed by atoms with Gasteiger partial charge in [0.2, 0.25) is 5.91 Å². The van der Waals surface area contributed by atoms with Crippen molar-refractivity contribution in [3.63, 3.8) is 0 Å². The van der Waals surface area contributed by atoms with Gasteiger partial charge in [-0.15, -0.1) is 11.3 Å². The molecule has 3 rings (SSSR count). The summed E-state index contributed by atoms with van der Waals surface area (Å²) in [5.74, 6) is -0.136. The lowest BCUT2D eigenvalue weighted by molar-refractivity contribution is -0.121. The van der Waals surface area contributed by atoms with Crippen LogP contribution in [0.5, 0.6) is 0 Å². The summed E-state index contributed by atoms with van der Waals surface area (Å²) >= 11 is 1.49. The minimum atomic E-state index is -0.250. The van der Waals surface area contributed by atoms with Gasteiger partial charge in [0.05, 0.1) is 23.3 Å². The maximum absolute atomic E-state index is 12.0. The Morgan fingerprint density at radius 1 is 1.29 bits per heavy atom. The number of rotatable bonds is 6. The van der Waals surface area contributed by atoms with E-state index in [9.17, 15) is 9.59 Å². The lowest BCUT2D eigenvalue weighted by Crippen LogP contribution is -2.25. The number of aromatic nitrogens is 3. The van der Waals surface area contributed by atoms with Crippen molar-refractivity contribution < 1.29 is 4.79 Å². The van der Waals surface area contributed by atoms with E-state index in [-0.39, 0.29) is 17.9 Å². The summed E-state index contributed by atoms with van der Waals surface area (Å²) in [6.45, 7) is 0.374. The first kappa shape index (κ1) is 16.1. The second-order valence-electron chi connectivity index (χ2n) is 5.20. The second kappa shape index (κ2) is 7.22. The number of fused-ring (bicyclic) bond motifs is 1. The summed E-state index contributed by atoms with van der Waals surface area (Å²) < 4.78 is 0. The number of carbonyl (C=O) groups is 1. The molecule has 0 fully saturated rings. The first-order chi connectivity index (χ1) is 11.7. The van der Waals surface area contributed by atoms with Gasteiger partial charge < -0.3 is 15.6 Å². The summed E-state index contributed by atoms with van der Waals surface area (Å²) in [7, 11) is 1.80. The number of amides is 1. The summed E-state index contributed by atoms with van der Waals surface area (Å²) in [4.78, 5) is 35.4. The van der Waals surface area contributed by atoms with Crippen molar-refractivity contribution >= 4 is 33.4 Å². The summed E-state index contributed by atoms with van der Waals surface area (Å²) in [6, 6.07) is 7.33. The molecule has 0 saturated carbocycles. The minimum absolute atomic E-state index is 0.136. The molecule has 8 heteroatoms. The smallest absolute Gasteiger partial charge is 0.270 e. The Hall–Kier alpha value is -2.74. The molecule has 1 aromatic carbocycles. The molecule has 124 valence electrons. The molecule has 0 radical (unpaired) electrons. The third kappa shape index (κ3) is 3.77. The highest BCUT2D eigenvalue weighted by Crippen LogP contribution is 2.14. The molecule has 0 bridgehead atoms. The fourth-order valence-corrected chi connectivity index (χ4v) is 2.92. The van der Waals surface area contributed by atoms with Crippen LogP contribution in [0.3, 0.4) is 0 Å². The topological polar surface area (TPSA) is 99.8 Å². The van der Waals surface area contributed by atoms with Gasteiger partial charge >= 0.3 is 0 Å². The van der Waals surface area contributed by atoms with Gasteiger partial charge in [0.15, 0.2) is 5.13 Å². The van der Waals surface area contributed by atoms with E-state index in [1.54, 1.807) is 13.1 Å². The van der Waals surface area contributed by atoms with Crippen LogP contribution >= 0.6 is 11.3 Å². The molecule has 24 heavy (non-hydrogen) atoms. The van der Waals surface area contributed by atoms with Gasteiger partial charge in [-0.3, -0.25) is 9.59 Å². The average Bonchev–Trinajstić information content (AvgIpc) is 3.06. The van der Waals surface area contributed by atoms with Crippen molar-refractivity contribution in [3.8, 4) is 0 Å². The first-order valence-electron chi connectivity index (χ1n) is 7.52. The molecule has 0 saturated heterocycles. The number of thiazole rings is 1. The van der Waals surface area contributed by atoms with Crippen LogP contribution in [0.15, 0.2) is 34.4 Å². The van der Waals surface area contributed by atoms with E-state index >= 15 is 0 Å². The fourth-order valence-electron chi connectivity index (χ4n) is 2.25. The molecule has 0 spiro atoms. The van der Waals surface area contributed by atoms with Crippen LogP contribution in [0.1, 0.15) is 17.8 Å². The Bertz CT molecular complexity index is 918. The predicted molar refractivity (Wildman–Crippen MR) is 94.2 cm³/mol. The van der Waals surface area contributed by atoms with E-state index < -0.39 is 0 Å². The Kier molecular flexibility index (Phi) is 4.85. The number of aromatic amines is 1. The quantitative estimate of drug-likeness (QED) is 0.632. The molecule has 2 aromatic heterocycles. The number of carbonyl (C=O) groups excluding carboxylic acids is 1.